The summed E-state index contributed by atoms with van der Waals surface area (Å²) < 4.78 is 5.01. The van der Waals surface area contributed by atoms with E-state index in [-0.39, 0.29) is 0 Å². The Morgan fingerprint density at radius 2 is 1.17 bits per heavy atom. The highest BCUT2D eigenvalue weighted by atomic mass is 32.1. The van der Waals surface area contributed by atoms with Gasteiger partial charge in [0.1, 0.15) is 5.82 Å². The van der Waals surface area contributed by atoms with Crippen molar-refractivity contribution in [3.63, 3.8) is 0 Å². The maximum absolute atomic E-state index is 5.35. The van der Waals surface area contributed by atoms with Crippen LogP contribution in [0.4, 0.5) is 0 Å². The molecule has 8 aromatic rings. The summed E-state index contributed by atoms with van der Waals surface area (Å²) in [6.07, 6.45) is 0. The van der Waals surface area contributed by atoms with Gasteiger partial charge in [0.2, 0.25) is 0 Å². The molecule has 46 heavy (non-hydrogen) atoms. The van der Waals surface area contributed by atoms with Crippen molar-refractivity contribution in [2.45, 2.75) is 39.5 Å². The van der Waals surface area contributed by atoms with E-state index in [1.165, 1.54) is 64.8 Å². The summed E-state index contributed by atoms with van der Waals surface area (Å²) in [5.41, 5.74) is 12.2. The molecular weight excluding hydrogens is 577 g/mol. The fraction of sp³-hybridized carbons (Fsp3) is 0.140. The zero-order valence-electron chi connectivity index (χ0n) is 26.7. The minimum Gasteiger partial charge on any atom is -0.292 e. The molecule has 0 aliphatic rings. The molecule has 6 aromatic carbocycles. The lowest BCUT2D eigenvalue weighted by molar-refractivity contribution is 0.811. The molecule has 3 heteroatoms. The number of fused-ring (bicyclic) bond motifs is 4. The molecule has 0 unspecified atom stereocenters. The number of hydrogen-bond donors (Lipinski definition) is 0. The van der Waals surface area contributed by atoms with Crippen molar-refractivity contribution >= 4 is 42.5 Å². The Morgan fingerprint density at radius 3 is 1.93 bits per heavy atom. The molecule has 0 aliphatic heterocycles. The van der Waals surface area contributed by atoms with E-state index in [1.807, 2.05) is 11.3 Å². The highest BCUT2D eigenvalue weighted by Gasteiger charge is 2.23. The maximum atomic E-state index is 5.35. The first-order valence-corrected chi connectivity index (χ1v) is 17.0. The summed E-state index contributed by atoms with van der Waals surface area (Å²) in [5.74, 6) is 1.76. The summed E-state index contributed by atoms with van der Waals surface area (Å²) in [5, 5.41) is 2.57. The van der Waals surface area contributed by atoms with E-state index in [0.717, 1.165) is 16.9 Å². The number of para-hydroxylation sites is 3. The van der Waals surface area contributed by atoms with Crippen LogP contribution in [0.25, 0.3) is 70.5 Å². The van der Waals surface area contributed by atoms with Crippen LogP contribution in [0.2, 0.25) is 0 Å². The van der Waals surface area contributed by atoms with Crippen molar-refractivity contribution in [3.8, 4) is 39.3 Å². The molecule has 0 radical (unpaired) electrons. The third-order valence-corrected chi connectivity index (χ3v) is 10.4. The quantitative estimate of drug-likeness (QED) is 0.183. The molecule has 8 rings (SSSR count). The second-order valence-electron chi connectivity index (χ2n) is 12.8. The first-order valence-electron chi connectivity index (χ1n) is 16.2. The van der Waals surface area contributed by atoms with Crippen LogP contribution in [0.15, 0.2) is 133 Å². The van der Waals surface area contributed by atoms with Crippen LogP contribution >= 0.6 is 11.3 Å². The van der Waals surface area contributed by atoms with Gasteiger partial charge in [-0.05, 0) is 81.6 Å². The van der Waals surface area contributed by atoms with Gasteiger partial charge in [0.05, 0.1) is 16.7 Å². The smallest absolute Gasteiger partial charge is 0.147 e. The first-order chi connectivity index (χ1) is 22.5. The number of benzene rings is 6. The molecule has 0 bridgehead atoms. The molecule has 0 atom stereocenters. The van der Waals surface area contributed by atoms with Crippen LogP contribution < -0.4 is 0 Å². The van der Waals surface area contributed by atoms with E-state index in [0.29, 0.717) is 11.8 Å². The molecule has 0 saturated carbocycles. The molecule has 0 saturated heterocycles. The topological polar surface area (TPSA) is 17.8 Å². The molecule has 2 nitrogen and oxygen atoms in total. The fourth-order valence-corrected chi connectivity index (χ4v) is 8.06. The lowest BCUT2D eigenvalue weighted by Crippen LogP contribution is -2.08. The van der Waals surface area contributed by atoms with Crippen molar-refractivity contribution in [3.05, 3.63) is 145 Å². The molecule has 224 valence electrons. The van der Waals surface area contributed by atoms with E-state index < -0.39 is 0 Å². The fourth-order valence-electron chi connectivity index (χ4n) is 6.87. The minimum absolute atomic E-state index is 0.377. The zero-order chi connectivity index (χ0) is 31.4. The Kier molecular flexibility index (Phi) is 7.07. The molecule has 0 amide bonds. The van der Waals surface area contributed by atoms with Crippen LogP contribution in [-0.2, 0) is 0 Å². The van der Waals surface area contributed by atoms with E-state index in [9.17, 15) is 0 Å². The van der Waals surface area contributed by atoms with Crippen LogP contribution in [-0.4, -0.2) is 9.55 Å². The second-order valence-corrected chi connectivity index (χ2v) is 13.8. The van der Waals surface area contributed by atoms with Crippen molar-refractivity contribution < 1.29 is 0 Å². The largest absolute Gasteiger partial charge is 0.292 e. The van der Waals surface area contributed by atoms with Crippen LogP contribution in [0.3, 0.4) is 0 Å². The van der Waals surface area contributed by atoms with Crippen molar-refractivity contribution in [2.24, 2.45) is 0 Å². The number of thiophene rings is 1. The molecule has 0 fully saturated rings. The predicted octanol–water partition coefficient (Wildman–Crippen LogP) is 12.6. The Balaban J connectivity index is 1.34. The number of aromatic nitrogens is 2. The van der Waals surface area contributed by atoms with Gasteiger partial charge in [0.25, 0.3) is 0 Å². The van der Waals surface area contributed by atoms with Gasteiger partial charge in [-0.2, -0.15) is 0 Å². The molecular formula is C43H36N2S. The van der Waals surface area contributed by atoms with Gasteiger partial charge >= 0.3 is 0 Å². The highest BCUT2D eigenvalue weighted by molar-refractivity contribution is 7.26. The SMILES string of the molecule is CC(C)c1cccc(C(C)C)c1-n1c(-c2cccc3c2sc2ccc(-c4cccc(-c5ccccc5)c4)cc23)nc2ccccc21. The molecule has 2 aromatic heterocycles. The van der Waals surface area contributed by atoms with E-state index >= 15 is 0 Å². The van der Waals surface area contributed by atoms with Gasteiger partial charge in [-0.25, -0.2) is 4.98 Å². The number of hydrogen-bond acceptors (Lipinski definition) is 2. The van der Waals surface area contributed by atoms with Crippen LogP contribution in [0.5, 0.6) is 0 Å². The molecule has 2 heterocycles. The Bertz CT molecular complexity index is 2350. The average Bonchev–Trinajstić information content (AvgIpc) is 3.66. The first kappa shape index (κ1) is 28.5. The van der Waals surface area contributed by atoms with Gasteiger partial charge in [-0.1, -0.05) is 125 Å². The summed E-state index contributed by atoms with van der Waals surface area (Å²) >= 11 is 1.87. The number of nitrogens with zero attached hydrogens (tertiary/aromatic N) is 2. The summed E-state index contributed by atoms with van der Waals surface area (Å²) in [6.45, 7) is 9.17. The second kappa shape index (κ2) is 11.4. The van der Waals surface area contributed by atoms with Gasteiger partial charge in [0.15, 0.2) is 0 Å². The summed E-state index contributed by atoms with van der Waals surface area (Å²) in [4.78, 5) is 5.35. The standard InChI is InChI=1S/C43H36N2S/c1-27(2)33-17-11-18-34(28(3)4)41(33)45-39-22-9-8-21-38(39)44-43(45)36-20-12-19-35-37-26-32(23-24-40(37)46-42(35)36)31-16-10-15-30(25-31)29-13-6-5-7-14-29/h5-28H,1-4H3. The van der Waals surface area contributed by atoms with Gasteiger partial charge in [-0.3, -0.25) is 4.57 Å². The van der Waals surface area contributed by atoms with Crippen molar-refractivity contribution in [1.29, 1.82) is 0 Å². The van der Waals surface area contributed by atoms with E-state index in [4.69, 9.17) is 4.98 Å². The van der Waals surface area contributed by atoms with E-state index in [1.54, 1.807) is 0 Å². The molecule has 0 aliphatic carbocycles. The Morgan fingerprint density at radius 1 is 0.543 bits per heavy atom. The average molecular weight is 613 g/mol. The highest BCUT2D eigenvalue weighted by Crippen LogP contribution is 2.44. The third-order valence-electron chi connectivity index (χ3n) is 9.17. The third kappa shape index (κ3) is 4.74. The molecule has 0 spiro atoms. The monoisotopic (exact) mass is 612 g/mol. The van der Waals surface area contributed by atoms with E-state index in [2.05, 4.69) is 166 Å². The van der Waals surface area contributed by atoms with Crippen LogP contribution in [0.1, 0.15) is 50.7 Å². The predicted molar refractivity (Wildman–Crippen MR) is 198 cm³/mol. The van der Waals surface area contributed by atoms with Crippen LogP contribution in [0, 0.1) is 0 Å². The Hall–Kier alpha value is -4.99. The number of imidazole rings is 1. The van der Waals surface area contributed by atoms with Crippen molar-refractivity contribution in [2.75, 3.05) is 0 Å². The lowest BCUT2D eigenvalue weighted by Gasteiger charge is -2.22. The normalized spacial score (nSPS) is 11.9. The van der Waals surface area contributed by atoms with Gasteiger partial charge in [0, 0.05) is 25.7 Å². The summed E-state index contributed by atoms with van der Waals surface area (Å²) in [7, 11) is 0. The lowest BCUT2D eigenvalue weighted by atomic mass is 9.92. The zero-order valence-corrected chi connectivity index (χ0v) is 27.5. The molecule has 0 N–H and O–H groups in total. The van der Waals surface area contributed by atoms with Gasteiger partial charge in [-0.15, -0.1) is 11.3 Å². The summed E-state index contributed by atoms with van der Waals surface area (Å²) in [6, 6.07) is 48.5. The number of rotatable bonds is 6. The van der Waals surface area contributed by atoms with Crippen molar-refractivity contribution in [1.82, 2.24) is 9.55 Å². The minimum atomic E-state index is 0.377. The maximum Gasteiger partial charge on any atom is 0.147 e. The Labute approximate surface area is 274 Å². The van der Waals surface area contributed by atoms with Gasteiger partial charge < -0.3 is 0 Å².